The van der Waals surface area contributed by atoms with E-state index in [0.29, 0.717) is 12.3 Å². The first-order valence-electron chi connectivity index (χ1n) is 6.44. The number of nitrogens with zero attached hydrogens (tertiary/aromatic N) is 1. The lowest BCUT2D eigenvalue weighted by Gasteiger charge is -2.36. The number of hydrogen-bond acceptors (Lipinski definition) is 3. The van der Waals surface area contributed by atoms with Crippen molar-refractivity contribution in [3.05, 3.63) is 29.1 Å². The van der Waals surface area contributed by atoms with Crippen LogP contribution in [-0.4, -0.2) is 19.2 Å². The molecule has 0 aliphatic heterocycles. The highest BCUT2D eigenvalue weighted by molar-refractivity contribution is 6.74. The zero-order valence-corrected chi connectivity index (χ0v) is 13.7. The van der Waals surface area contributed by atoms with Gasteiger partial charge in [0, 0.05) is 11.8 Å². The maximum absolute atomic E-state index is 11.4. The molecular formula is C14H24N2O2Si. The monoisotopic (exact) mass is 280 g/mol. The normalized spacial score (nSPS) is 12.5. The lowest BCUT2D eigenvalue weighted by atomic mass is 10.1. The molecule has 19 heavy (non-hydrogen) atoms. The fraction of sp³-hybridized carbons (Fsp3) is 0.571. The van der Waals surface area contributed by atoms with Crippen molar-refractivity contribution >= 4 is 14.2 Å². The van der Waals surface area contributed by atoms with Crippen LogP contribution in [0.3, 0.4) is 0 Å². The molecule has 0 atom stereocenters. The number of hydrogen-bond donors (Lipinski definition) is 1. The molecule has 1 heterocycles. The molecule has 0 saturated carbocycles. The highest BCUT2D eigenvalue weighted by Crippen LogP contribution is 2.37. The first kappa shape index (κ1) is 15.9. The minimum Gasteiger partial charge on any atom is -0.412 e. The number of rotatable bonds is 4. The predicted molar refractivity (Wildman–Crippen MR) is 79.5 cm³/mol. The Morgan fingerprint density at radius 3 is 2.47 bits per heavy atom. The molecule has 1 aromatic heterocycles. The molecule has 0 bridgehead atoms. The van der Waals surface area contributed by atoms with Gasteiger partial charge in [0.2, 0.25) is 0 Å². The van der Waals surface area contributed by atoms with E-state index in [0.717, 1.165) is 11.1 Å². The quantitative estimate of drug-likeness (QED) is 0.862. The molecule has 4 nitrogen and oxygen atoms in total. The lowest BCUT2D eigenvalue weighted by molar-refractivity contribution is 0.0992. The Morgan fingerprint density at radius 1 is 1.42 bits per heavy atom. The summed E-state index contributed by atoms with van der Waals surface area (Å²) in [6.45, 7) is 13.3. The summed E-state index contributed by atoms with van der Waals surface area (Å²) in [5, 5.41) is 0.135. The van der Waals surface area contributed by atoms with Crippen LogP contribution in [-0.2, 0) is 11.0 Å². The van der Waals surface area contributed by atoms with Crippen molar-refractivity contribution < 1.29 is 9.22 Å². The third-order valence-corrected chi connectivity index (χ3v) is 8.39. The molecule has 0 aliphatic rings. The maximum Gasteiger partial charge on any atom is 0.267 e. The third kappa shape index (κ3) is 3.64. The Kier molecular flexibility index (Phi) is 4.53. The fourth-order valence-electron chi connectivity index (χ4n) is 1.45. The number of carbonyl (C=O) groups is 1. The van der Waals surface area contributed by atoms with E-state index < -0.39 is 14.2 Å². The largest absolute Gasteiger partial charge is 0.412 e. The number of amides is 1. The Labute approximate surface area is 116 Å². The number of primary amides is 1. The second-order valence-electron chi connectivity index (χ2n) is 6.37. The van der Waals surface area contributed by atoms with Crippen LogP contribution < -0.4 is 5.73 Å². The van der Waals surface area contributed by atoms with Crippen molar-refractivity contribution in [1.29, 1.82) is 0 Å². The highest BCUT2D eigenvalue weighted by atomic mass is 28.4. The van der Waals surface area contributed by atoms with E-state index in [9.17, 15) is 4.79 Å². The minimum absolute atomic E-state index is 0.135. The van der Waals surface area contributed by atoms with Crippen molar-refractivity contribution in [1.82, 2.24) is 4.98 Å². The number of aromatic nitrogens is 1. The Balaban J connectivity index is 2.99. The second kappa shape index (κ2) is 5.42. The van der Waals surface area contributed by atoms with Gasteiger partial charge in [-0.15, -0.1) is 0 Å². The van der Waals surface area contributed by atoms with Gasteiger partial charge < -0.3 is 10.2 Å². The molecule has 0 fully saturated rings. The summed E-state index contributed by atoms with van der Waals surface area (Å²) < 4.78 is 6.14. The van der Waals surface area contributed by atoms with Gasteiger partial charge >= 0.3 is 0 Å². The van der Waals surface area contributed by atoms with Gasteiger partial charge in [-0.1, -0.05) is 20.8 Å². The van der Waals surface area contributed by atoms with Crippen LogP contribution in [0.15, 0.2) is 12.3 Å². The first-order chi connectivity index (χ1) is 8.56. The number of carbonyl (C=O) groups excluding carboxylic acids is 1. The molecule has 0 radical (unpaired) electrons. The lowest BCUT2D eigenvalue weighted by Crippen LogP contribution is -2.40. The van der Waals surface area contributed by atoms with E-state index in [1.807, 2.05) is 13.0 Å². The summed E-state index contributed by atoms with van der Waals surface area (Å²) in [6, 6.07) is 1.87. The molecule has 1 rings (SSSR count). The minimum atomic E-state index is -1.85. The van der Waals surface area contributed by atoms with Gasteiger partial charge in [-0.25, -0.2) is 0 Å². The molecule has 0 aliphatic carbocycles. The van der Waals surface area contributed by atoms with Gasteiger partial charge in [0.05, 0.1) is 6.61 Å². The number of nitrogens with two attached hydrogens (primary N) is 1. The highest BCUT2D eigenvalue weighted by Gasteiger charge is 2.37. The molecule has 1 amide bonds. The van der Waals surface area contributed by atoms with E-state index >= 15 is 0 Å². The van der Waals surface area contributed by atoms with E-state index in [2.05, 4.69) is 38.8 Å². The van der Waals surface area contributed by atoms with Crippen molar-refractivity contribution in [3.8, 4) is 0 Å². The fourth-order valence-corrected chi connectivity index (χ4v) is 2.39. The van der Waals surface area contributed by atoms with Crippen LogP contribution in [0.25, 0.3) is 0 Å². The van der Waals surface area contributed by atoms with Crippen LogP contribution in [0, 0.1) is 6.92 Å². The summed E-state index contributed by atoms with van der Waals surface area (Å²) in [6.07, 6.45) is 1.60. The molecule has 5 heteroatoms. The molecule has 106 valence electrons. The zero-order chi connectivity index (χ0) is 14.8. The van der Waals surface area contributed by atoms with Crippen LogP contribution in [0.4, 0.5) is 0 Å². The van der Waals surface area contributed by atoms with E-state index in [1.165, 1.54) is 0 Å². The van der Waals surface area contributed by atoms with E-state index in [1.54, 1.807) is 6.20 Å². The molecule has 0 aromatic carbocycles. The Hall–Kier alpha value is -1.20. The molecule has 0 unspecified atom stereocenters. The predicted octanol–water partition coefficient (Wildman–Crippen LogP) is 3.01. The Morgan fingerprint density at radius 2 is 2.00 bits per heavy atom. The summed E-state index contributed by atoms with van der Waals surface area (Å²) in [5.74, 6) is -0.502. The number of aryl methyl sites for hydroxylation is 1. The zero-order valence-electron chi connectivity index (χ0n) is 12.7. The van der Waals surface area contributed by atoms with Crippen LogP contribution in [0.2, 0.25) is 18.1 Å². The first-order valence-corrected chi connectivity index (χ1v) is 9.35. The molecule has 0 spiro atoms. The van der Waals surface area contributed by atoms with Gasteiger partial charge in [0.15, 0.2) is 8.32 Å². The van der Waals surface area contributed by atoms with Crippen LogP contribution in [0.1, 0.15) is 42.4 Å². The van der Waals surface area contributed by atoms with Gasteiger partial charge in [-0.2, -0.15) is 0 Å². The smallest absolute Gasteiger partial charge is 0.267 e. The van der Waals surface area contributed by atoms with Gasteiger partial charge in [-0.05, 0) is 36.7 Å². The summed E-state index contributed by atoms with van der Waals surface area (Å²) in [7, 11) is -1.85. The van der Waals surface area contributed by atoms with Gasteiger partial charge in [0.25, 0.3) is 5.91 Å². The second-order valence-corrected chi connectivity index (χ2v) is 11.2. The molecule has 1 aromatic rings. The van der Waals surface area contributed by atoms with Gasteiger partial charge in [-0.3, -0.25) is 9.78 Å². The van der Waals surface area contributed by atoms with Gasteiger partial charge in [0.1, 0.15) is 5.69 Å². The van der Waals surface area contributed by atoms with E-state index in [-0.39, 0.29) is 5.04 Å². The van der Waals surface area contributed by atoms with Crippen molar-refractivity contribution in [2.24, 2.45) is 5.73 Å². The summed E-state index contributed by atoms with van der Waals surface area (Å²) in [4.78, 5) is 15.5. The van der Waals surface area contributed by atoms with Crippen molar-refractivity contribution in [3.63, 3.8) is 0 Å². The van der Waals surface area contributed by atoms with Crippen LogP contribution >= 0.6 is 0 Å². The van der Waals surface area contributed by atoms with Crippen molar-refractivity contribution in [2.45, 2.75) is 52.4 Å². The SMILES string of the molecule is Cc1ccnc(C(N)=O)c1CO[Si](C)(C)C(C)(C)C. The Bertz CT molecular complexity index is 479. The summed E-state index contributed by atoms with van der Waals surface area (Å²) >= 11 is 0. The number of pyridine rings is 1. The molecular weight excluding hydrogens is 256 g/mol. The summed E-state index contributed by atoms with van der Waals surface area (Å²) in [5.41, 5.74) is 7.48. The maximum atomic E-state index is 11.4. The topological polar surface area (TPSA) is 65.2 Å². The molecule has 2 N–H and O–H groups in total. The standard InChI is InChI=1S/C14H24N2O2Si/c1-10-7-8-16-12(13(15)17)11(10)9-18-19(5,6)14(2,3)4/h7-8H,9H2,1-6H3,(H2,15,17). The average molecular weight is 280 g/mol. The van der Waals surface area contributed by atoms with Crippen LogP contribution in [0.5, 0.6) is 0 Å². The molecule has 0 saturated heterocycles. The van der Waals surface area contributed by atoms with Crippen molar-refractivity contribution in [2.75, 3.05) is 0 Å². The third-order valence-electron chi connectivity index (χ3n) is 3.91. The van der Waals surface area contributed by atoms with E-state index in [4.69, 9.17) is 10.2 Å². The average Bonchev–Trinajstić information content (AvgIpc) is 2.25.